The van der Waals surface area contributed by atoms with Crippen molar-refractivity contribution in [3.05, 3.63) is 0 Å². The van der Waals surface area contributed by atoms with Crippen LogP contribution in [-0.4, -0.2) is 28.7 Å². The minimum Gasteiger partial charge on any atom is -0.467 e. The second-order valence-electron chi connectivity index (χ2n) is 3.67. The lowest BCUT2D eigenvalue weighted by atomic mass is 10.1. The lowest BCUT2D eigenvalue weighted by Crippen LogP contribution is -2.11. The van der Waals surface area contributed by atoms with E-state index in [4.69, 9.17) is 15.2 Å². The van der Waals surface area contributed by atoms with E-state index in [9.17, 15) is 0 Å². The number of nitrogen functional groups attached to an aromatic ring is 1. The molecule has 0 bridgehead atoms. The molecule has 90 valence electrons. The van der Waals surface area contributed by atoms with Crippen molar-refractivity contribution in [1.29, 1.82) is 0 Å². The van der Waals surface area contributed by atoms with Crippen LogP contribution in [0.25, 0.3) is 0 Å². The maximum absolute atomic E-state index is 5.48. The molecule has 1 rings (SSSR count). The second-order valence-corrected chi connectivity index (χ2v) is 3.67. The van der Waals surface area contributed by atoms with Gasteiger partial charge in [0, 0.05) is 0 Å². The number of nitrogens with two attached hydrogens (primary N) is 1. The van der Waals surface area contributed by atoms with E-state index in [0.29, 0.717) is 12.5 Å². The fourth-order valence-corrected chi connectivity index (χ4v) is 1.30. The summed E-state index contributed by atoms with van der Waals surface area (Å²) in [5.41, 5.74) is 5.48. The molecule has 0 aromatic carbocycles. The first-order chi connectivity index (χ1) is 7.65. The van der Waals surface area contributed by atoms with Gasteiger partial charge in [0.25, 0.3) is 0 Å². The monoisotopic (exact) mass is 226 g/mol. The zero-order valence-electron chi connectivity index (χ0n) is 9.93. The maximum atomic E-state index is 5.48. The Morgan fingerprint density at radius 1 is 1.25 bits per heavy atom. The molecule has 0 saturated heterocycles. The summed E-state index contributed by atoms with van der Waals surface area (Å²) in [5.74, 6) is 0.568. The molecule has 16 heavy (non-hydrogen) atoms. The molecular formula is C10H18N4O2. The lowest BCUT2D eigenvalue weighted by Gasteiger charge is -2.10. The van der Waals surface area contributed by atoms with Crippen LogP contribution >= 0.6 is 0 Å². The van der Waals surface area contributed by atoms with Crippen molar-refractivity contribution >= 4 is 5.95 Å². The van der Waals surface area contributed by atoms with Gasteiger partial charge in [-0.2, -0.15) is 9.97 Å². The van der Waals surface area contributed by atoms with Crippen molar-refractivity contribution in [2.75, 3.05) is 19.5 Å². The third-order valence-electron chi connectivity index (χ3n) is 2.07. The van der Waals surface area contributed by atoms with E-state index >= 15 is 0 Å². The Morgan fingerprint density at radius 3 is 2.56 bits per heavy atom. The highest BCUT2D eigenvalue weighted by molar-refractivity contribution is 5.20. The van der Waals surface area contributed by atoms with Gasteiger partial charge in [0.2, 0.25) is 5.95 Å². The van der Waals surface area contributed by atoms with Crippen LogP contribution in [0.4, 0.5) is 5.95 Å². The van der Waals surface area contributed by atoms with E-state index in [2.05, 4.69) is 28.8 Å². The van der Waals surface area contributed by atoms with Crippen molar-refractivity contribution < 1.29 is 9.47 Å². The van der Waals surface area contributed by atoms with Crippen molar-refractivity contribution in [2.45, 2.75) is 26.7 Å². The summed E-state index contributed by atoms with van der Waals surface area (Å²) in [6, 6.07) is 0.387. The van der Waals surface area contributed by atoms with Gasteiger partial charge in [-0.05, 0) is 12.3 Å². The van der Waals surface area contributed by atoms with Crippen LogP contribution in [0.1, 0.15) is 26.7 Å². The number of hydrogen-bond donors (Lipinski definition) is 1. The van der Waals surface area contributed by atoms with Gasteiger partial charge in [-0.1, -0.05) is 20.3 Å². The molecular weight excluding hydrogens is 208 g/mol. The number of rotatable bonds is 6. The number of ether oxygens (including phenoxy) is 2. The predicted octanol–water partition coefficient (Wildman–Crippen LogP) is 1.28. The molecule has 1 aromatic heterocycles. The van der Waals surface area contributed by atoms with Crippen molar-refractivity contribution in [3.63, 3.8) is 0 Å². The van der Waals surface area contributed by atoms with Crippen LogP contribution in [-0.2, 0) is 0 Å². The maximum Gasteiger partial charge on any atom is 0.324 e. The molecule has 2 N–H and O–H groups in total. The number of anilines is 1. The normalized spacial score (nSPS) is 12.2. The van der Waals surface area contributed by atoms with Gasteiger partial charge < -0.3 is 15.2 Å². The van der Waals surface area contributed by atoms with Gasteiger partial charge in [0.05, 0.1) is 13.7 Å². The predicted molar refractivity (Wildman–Crippen MR) is 60.4 cm³/mol. The summed E-state index contributed by atoms with van der Waals surface area (Å²) in [4.78, 5) is 11.6. The zero-order chi connectivity index (χ0) is 12.0. The third kappa shape index (κ3) is 3.88. The van der Waals surface area contributed by atoms with Crippen molar-refractivity contribution in [3.8, 4) is 12.0 Å². The Morgan fingerprint density at radius 2 is 1.94 bits per heavy atom. The quantitative estimate of drug-likeness (QED) is 0.786. The highest BCUT2D eigenvalue weighted by Gasteiger charge is 2.07. The molecule has 0 radical (unpaired) electrons. The summed E-state index contributed by atoms with van der Waals surface area (Å²) in [5, 5.41) is 0. The highest BCUT2D eigenvalue weighted by Crippen LogP contribution is 2.12. The van der Waals surface area contributed by atoms with Gasteiger partial charge in [0.1, 0.15) is 0 Å². The number of methoxy groups -OCH3 is 1. The Kier molecular flexibility index (Phi) is 4.75. The van der Waals surface area contributed by atoms with Crippen molar-refractivity contribution in [1.82, 2.24) is 15.0 Å². The lowest BCUT2D eigenvalue weighted by molar-refractivity contribution is 0.229. The molecule has 1 aromatic rings. The topological polar surface area (TPSA) is 83.2 Å². The Hall–Kier alpha value is -1.59. The van der Waals surface area contributed by atoms with Crippen LogP contribution in [0, 0.1) is 5.92 Å². The fourth-order valence-electron chi connectivity index (χ4n) is 1.30. The zero-order valence-corrected chi connectivity index (χ0v) is 9.93. The molecule has 0 aliphatic heterocycles. The van der Waals surface area contributed by atoms with Crippen LogP contribution in [0.2, 0.25) is 0 Å². The smallest absolute Gasteiger partial charge is 0.324 e. The minimum atomic E-state index is 0.102. The Balaban J connectivity index is 2.56. The fraction of sp³-hybridized carbons (Fsp3) is 0.700. The van der Waals surface area contributed by atoms with Gasteiger partial charge >= 0.3 is 12.0 Å². The average molecular weight is 226 g/mol. The molecule has 0 aliphatic rings. The largest absolute Gasteiger partial charge is 0.467 e. The molecule has 1 atom stereocenters. The highest BCUT2D eigenvalue weighted by atomic mass is 16.5. The van der Waals surface area contributed by atoms with E-state index < -0.39 is 0 Å². The minimum absolute atomic E-state index is 0.102. The van der Waals surface area contributed by atoms with Crippen molar-refractivity contribution in [2.24, 2.45) is 5.92 Å². The second kappa shape index (κ2) is 6.09. The molecule has 6 heteroatoms. The molecule has 0 fully saturated rings. The summed E-state index contributed by atoms with van der Waals surface area (Å²) in [6.45, 7) is 4.83. The summed E-state index contributed by atoms with van der Waals surface area (Å²) in [6.07, 6.45) is 2.24. The SMILES string of the molecule is CCCC(C)COc1nc(N)nc(OC)n1. The molecule has 1 heterocycles. The first-order valence-corrected chi connectivity index (χ1v) is 5.34. The van der Waals surface area contributed by atoms with Crippen LogP contribution < -0.4 is 15.2 Å². The summed E-state index contributed by atoms with van der Waals surface area (Å²) in [7, 11) is 1.47. The van der Waals surface area contributed by atoms with E-state index in [-0.39, 0.29) is 18.0 Å². The van der Waals surface area contributed by atoms with E-state index in [1.165, 1.54) is 7.11 Å². The number of hydrogen-bond acceptors (Lipinski definition) is 6. The standard InChI is InChI=1S/C10H18N4O2/c1-4-5-7(2)6-16-10-13-8(11)12-9(14-10)15-3/h7H,4-6H2,1-3H3,(H2,11,12,13,14). The van der Waals surface area contributed by atoms with Gasteiger partial charge in [-0.3, -0.25) is 0 Å². The van der Waals surface area contributed by atoms with E-state index in [1.807, 2.05) is 0 Å². The number of nitrogens with zero attached hydrogens (tertiary/aromatic N) is 3. The molecule has 6 nitrogen and oxygen atoms in total. The molecule has 0 spiro atoms. The van der Waals surface area contributed by atoms with Crippen LogP contribution in [0.15, 0.2) is 0 Å². The first-order valence-electron chi connectivity index (χ1n) is 5.34. The van der Waals surface area contributed by atoms with Gasteiger partial charge in [-0.15, -0.1) is 4.98 Å². The molecule has 0 amide bonds. The van der Waals surface area contributed by atoms with E-state index in [0.717, 1.165) is 12.8 Å². The Bertz CT molecular complexity index is 333. The van der Waals surface area contributed by atoms with Crippen LogP contribution in [0.3, 0.4) is 0 Å². The summed E-state index contributed by atoms with van der Waals surface area (Å²) >= 11 is 0. The molecule has 0 aliphatic carbocycles. The first kappa shape index (κ1) is 12.5. The van der Waals surface area contributed by atoms with Gasteiger partial charge in [0.15, 0.2) is 0 Å². The Labute approximate surface area is 95.2 Å². The third-order valence-corrected chi connectivity index (χ3v) is 2.07. The summed E-state index contributed by atoms with van der Waals surface area (Å²) < 4.78 is 10.3. The average Bonchev–Trinajstić information content (AvgIpc) is 2.26. The van der Waals surface area contributed by atoms with Crippen LogP contribution in [0.5, 0.6) is 12.0 Å². The molecule has 0 saturated carbocycles. The van der Waals surface area contributed by atoms with Gasteiger partial charge in [-0.25, -0.2) is 0 Å². The van der Waals surface area contributed by atoms with E-state index in [1.54, 1.807) is 0 Å². The number of aromatic nitrogens is 3. The molecule has 1 unspecified atom stereocenters.